The summed E-state index contributed by atoms with van der Waals surface area (Å²) in [4.78, 5) is 30.5. The molecule has 2 fully saturated rings. The smallest absolute Gasteiger partial charge is 0.238 e. The maximum absolute atomic E-state index is 12.5. The number of hydrogen-bond donors (Lipinski definition) is 0. The van der Waals surface area contributed by atoms with Gasteiger partial charge in [-0.25, -0.2) is 9.88 Å². The van der Waals surface area contributed by atoms with Crippen LogP contribution in [0.15, 0.2) is 16.7 Å². The van der Waals surface area contributed by atoms with Gasteiger partial charge in [-0.1, -0.05) is 13.3 Å². The molecule has 1 saturated carbocycles. The number of aryl methyl sites for hydroxylation is 1. The molecule has 1 saturated heterocycles. The van der Waals surface area contributed by atoms with E-state index >= 15 is 0 Å². The predicted molar refractivity (Wildman–Crippen MR) is 79.2 cm³/mol. The van der Waals surface area contributed by atoms with Gasteiger partial charge in [0.25, 0.3) is 0 Å². The second-order valence-corrected chi connectivity index (χ2v) is 6.62. The highest BCUT2D eigenvalue weighted by Gasteiger charge is 2.53. The van der Waals surface area contributed by atoms with Crippen molar-refractivity contribution in [1.82, 2.24) is 4.98 Å². The first-order valence-corrected chi connectivity index (χ1v) is 7.82. The monoisotopic (exact) mass is 336 g/mol. The summed E-state index contributed by atoms with van der Waals surface area (Å²) < 4.78 is 0.881. The van der Waals surface area contributed by atoms with E-state index in [2.05, 4.69) is 27.8 Å². The van der Waals surface area contributed by atoms with Gasteiger partial charge in [-0.2, -0.15) is 0 Å². The molecule has 1 aromatic heterocycles. The van der Waals surface area contributed by atoms with Crippen LogP contribution in [0, 0.1) is 24.7 Å². The molecule has 5 heteroatoms. The summed E-state index contributed by atoms with van der Waals surface area (Å²) in [7, 11) is 0. The summed E-state index contributed by atoms with van der Waals surface area (Å²) in [6, 6.07) is 1.79. The van der Waals surface area contributed by atoms with Crippen LogP contribution in [0.1, 0.15) is 31.7 Å². The fraction of sp³-hybridized carbons (Fsp3) is 0.533. The number of imide groups is 1. The van der Waals surface area contributed by atoms with Crippen LogP contribution < -0.4 is 4.90 Å². The number of carbonyl (C=O) groups is 2. The van der Waals surface area contributed by atoms with E-state index in [1.54, 1.807) is 12.3 Å². The molecule has 0 bridgehead atoms. The van der Waals surface area contributed by atoms with E-state index in [0.29, 0.717) is 11.7 Å². The minimum Gasteiger partial charge on any atom is -0.274 e. The van der Waals surface area contributed by atoms with Gasteiger partial charge in [-0.3, -0.25) is 9.59 Å². The summed E-state index contributed by atoms with van der Waals surface area (Å²) in [6.07, 6.45) is 4.38. The van der Waals surface area contributed by atoms with E-state index in [-0.39, 0.29) is 23.7 Å². The maximum atomic E-state index is 12.5. The largest absolute Gasteiger partial charge is 0.274 e. The number of aromatic nitrogens is 1. The molecular formula is C15H17BrN2O2. The summed E-state index contributed by atoms with van der Waals surface area (Å²) >= 11 is 3.38. The first-order valence-electron chi connectivity index (χ1n) is 7.02. The predicted octanol–water partition coefficient (Wildman–Crippen LogP) is 3.08. The van der Waals surface area contributed by atoms with Crippen molar-refractivity contribution in [3.05, 3.63) is 22.3 Å². The van der Waals surface area contributed by atoms with Crippen LogP contribution >= 0.6 is 15.9 Å². The Morgan fingerprint density at radius 2 is 1.90 bits per heavy atom. The van der Waals surface area contributed by atoms with Crippen molar-refractivity contribution in [2.75, 3.05) is 4.90 Å². The third-order valence-electron chi connectivity index (χ3n) is 4.57. The number of anilines is 1. The Morgan fingerprint density at radius 1 is 1.30 bits per heavy atom. The minimum atomic E-state index is -0.127. The first-order chi connectivity index (χ1) is 9.52. The number of amides is 2. The van der Waals surface area contributed by atoms with E-state index in [1.807, 2.05) is 6.92 Å². The Balaban J connectivity index is 1.91. The van der Waals surface area contributed by atoms with E-state index in [0.717, 1.165) is 29.3 Å². The molecular weight excluding hydrogens is 320 g/mol. The number of halogens is 1. The zero-order valence-electron chi connectivity index (χ0n) is 11.6. The molecule has 1 aliphatic heterocycles. The van der Waals surface area contributed by atoms with Crippen molar-refractivity contribution < 1.29 is 9.59 Å². The number of pyridine rings is 1. The third-order valence-corrected chi connectivity index (χ3v) is 5.40. The summed E-state index contributed by atoms with van der Waals surface area (Å²) in [5.74, 6) is 0.592. The Kier molecular flexibility index (Phi) is 3.40. The molecule has 0 aromatic carbocycles. The van der Waals surface area contributed by atoms with E-state index in [1.165, 1.54) is 4.90 Å². The second-order valence-electron chi connectivity index (χ2n) is 5.76. The number of hydrogen-bond acceptors (Lipinski definition) is 3. The van der Waals surface area contributed by atoms with Crippen LogP contribution in [0.5, 0.6) is 0 Å². The van der Waals surface area contributed by atoms with Crippen LogP contribution in [-0.2, 0) is 9.59 Å². The lowest BCUT2D eigenvalue weighted by molar-refractivity contribution is -0.123. The lowest BCUT2D eigenvalue weighted by atomic mass is 10.00. The van der Waals surface area contributed by atoms with Crippen LogP contribution in [0.4, 0.5) is 5.82 Å². The van der Waals surface area contributed by atoms with Crippen molar-refractivity contribution in [1.29, 1.82) is 0 Å². The Bertz CT molecular complexity index is 563. The number of fused-ring (bicyclic) bond motifs is 1. The Labute approximate surface area is 126 Å². The third kappa shape index (κ3) is 1.99. The van der Waals surface area contributed by atoms with Gasteiger partial charge in [0.2, 0.25) is 11.8 Å². The van der Waals surface area contributed by atoms with Gasteiger partial charge in [0.1, 0.15) is 5.82 Å². The maximum Gasteiger partial charge on any atom is 0.238 e. The Morgan fingerprint density at radius 3 is 2.40 bits per heavy atom. The summed E-state index contributed by atoms with van der Waals surface area (Å²) in [5.41, 5.74) is 0.971. The molecule has 2 unspecified atom stereocenters. The molecule has 2 atom stereocenters. The average Bonchev–Trinajstić information content (AvgIpc) is 2.94. The van der Waals surface area contributed by atoms with Gasteiger partial charge in [0.15, 0.2) is 0 Å². The Hall–Kier alpha value is -1.23. The summed E-state index contributed by atoms with van der Waals surface area (Å²) in [5, 5.41) is 0. The highest BCUT2D eigenvalue weighted by molar-refractivity contribution is 9.10. The molecule has 0 N–H and O–H groups in total. The van der Waals surface area contributed by atoms with Crippen LogP contribution in [0.3, 0.4) is 0 Å². The topological polar surface area (TPSA) is 50.3 Å². The van der Waals surface area contributed by atoms with Gasteiger partial charge in [-0.05, 0) is 53.2 Å². The molecule has 3 rings (SSSR count). The standard InChI is InChI=1S/C15H17BrN2O2/c1-3-9-5-10-11(6-9)15(20)18(14(10)19)13-4-8(2)12(16)7-17-13/h4,7,9-11H,3,5-6H2,1-2H3. The van der Waals surface area contributed by atoms with Crippen LogP contribution in [-0.4, -0.2) is 16.8 Å². The van der Waals surface area contributed by atoms with Crippen molar-refractivity contribution in [2.24, 2.45) is 17.8 Å². The lowest BCUT2D eigenvalue weighted by Crippen LogP contribution is -2.33. The highest BCUT2D eigenvalue weighted by Crippen LogP contribution is 2.45. The van der Waals surface area contributed by atoms with Gasteiger partial charge >= 0.3 is 0 Å². The molecule has 0 radical (unpaired) electrons. The molecule has 106 valence electrons. The fourth-order valence-corrected chi connectivity index (χ4v) is 3.55. The molecule has 2 amide bonds. The van der Waals surface area contributed by atoms with Crippen molar-refractivity contribution in [2.45, 2.75) is 33.1 Å². The highest BCUT2D eigenvalue weighted by atomic mass is 79.9. The lowest BCUT2D eigenvalue weighted by Gasteiger charge is -2.17. The molecule has 0 spiro atoms. The van der Waals surface area contributed by atoms with Gasteiger partial charge < -0.3 is 0 Å². The van der Waals surface area contributed by atoms with Crippen LogP contribution in [0.2, 0.25) is 0 Å². The van der Waals surface area contributed by atoms with Crippen molar-refractivity contribution in [3.63, 3.8) is 0 Å². The normalized spacial score (nSPS) is 29.1. The average molecular weight is 337 g/mol. The minimum absolute atomic E-state index is 0.0647. The van der Waals surface area contributed by atoms with Crippen molar-refractivity contribution in [3.8, 4) is 0 Å². The van der Waals surface area contributed by atoms with Crippen molar-refractivity contribution >= 4 is 33.6 Å². The van der Waals surface area contributed by atoms with E-state index in [9.17, 15) is 9.59 Å². The first kappa shape index (κ1) is 13.7. The summed E-state index contributed by atoms with van der Waals surface area (Å²) in [6.45, 7) is 4.05. The van der Waals surface area contributed by atoms with Gasteiger partial charge in [-0.15, -0.1) is 0 Å². The second kappa shape index (κ2) is 4.95. The zero-order valence-corrected chi connectivity index (χ0v) is 13.2. The van der Waals surface area contributed by atoms with E-state index < -0.39 is 0 Å². The number of carbonyl (C=O) groups excluding carboxylic acids is 2. The van der Waals surface area contributed by atoms with Gasteiger partial charge in [0.05, 0.1) is 11.8 Å². The fourth-order valence-electron chi connectivity index (χ4n) is 3.33. The SMILES string of the molecule is CCC1CC2C(=O)N(c3cc(C)c(Br)cn3)C(=O)C2C1. The number of rotatable bonds is 2. The molecule has 20 heavy (non-hydrogen) atoms. The number of nitrogens with zero attached hydrogens (tertiary/aromatic N) is 2. The van der Waals surface area contributed by atoms with E-state index in [4.69, 9.17) is 0 Å². The quantitative estimate of drug-likeness (QED) is 0.780. The van der Waals surface area contributed by atoms with Gasteiger partial charge in [0, 0.05) is 10.7 Å². The zero-order chi connectivity index (χ0) is 14.4. The van der Waals surface area contributed by atoms with Crippen LogP contribution in [0.25, 0.3) is 0 Å². The molecule has 1 aromatic rings. The molecule has 2 aliphatic rings. The molecule has 1 aliphatic carbocycles. The molecule has 2 heterocycles. The molecule has 4 nitrogen and oxygen atoms in total.